The summed E-state index contributed by atoms with van der Waals surface area (Å²) in [6.07, 6.45) is 2.93. The van der Waals surface area contributed by atoms with Crippen molar-refractivity contribution >= 4 is 11.0 Å². The smallest absolute Gasteiger partial charge is 0.140 e. The average Bonchev–Trinajstić information content (AvgIpc) is 2.75. The fraction of sp³-hybridized carbons (Fsp3) is 0.500. The van der Waals surface area contributed by atoms with Gasteiger partial charge >= 0.3 is 0 Å². The topological polar surface area (TPSA) is 25.2 Å². The van der Waals surface area contributed by atoms with Crippen molar-refractivity contribution in [2.45, 2.75) is 46.6 Å². The molecule has 0 aliphatic rings. The van der Waals surface area contributed by atoms with Gasteiger partial charge in [0.1, 0.15) is 17.2 Å². The molecular weight excluding hydrogens is 241 g/mol. The summed E-state index contributed by atoms with van der Waals surface area (Å²) in [5.74, 6) is 0.716. The van der Waals surface area contributed by atoms with E-state index in [0.29, 0.717) is 17.5 Å². The van der Waals surface area contributed by atoms with E-state index in [2.05, 4.69) is 19.2 Å². The normalized spacial score (nSPS) is 11.4. The monoisotopic (exact) mass is 263 g/mol. The lowest BCUT2D eigenvalue weighted by molar-refractivity contribution is 0.505. The van der Waals surface area contributed by atoms with Crippen LogP contribution in [0.15, 0.2) is 16.5 Å². The van der Waals surface area contributed by atoms with E-state index in [1.165, 1.54) is 6.07 Å². The highest BCUT2D eigenvalue weighted by Gasteiger charge is 2.17. The first-order chi connectivity index (χ1) is 9.19. The van der Waals surface area contributed by atoms with Gasteiger partial charge < -0.3 is 9.73 Å². The van der Waals surface area contributed by atoms with Crippen LogP contribution in [0.4, 0.5) is 4.39 Å². The van der Waals surface area contributed by atoms with Gasteiger partial charge in [0.15, 0.2) is 0 Å². The predicted molar refractivity (Wildman–Crippen MR) is 76.9 cm³/mol. The highest BCUT2D eigenvalue weighted by atomic mass is 19.1. The van der Waals surface area contributed by atoms with Crippen LogP contribution in [0.25, 0.3) is 11.0 Å². The quantitative estimate of drug-likeness (QED) is 0.785. The van der Waals surface area contributed by atoms with Gasteiger partial charge in [-0.15, -0.1) is 0 Å². The van der Waals surface area contributed by atoms with Gasteiger partial charge in [-0.25, -0.2) is 4.39 Å². The summed E-state index contributed by atoms with van der Waals surface area (Å²) < 4.78 is 20.0. The third-order valence-electron chi connectivity index (χ3n) is 3.38. The van der Waals surface area contributed by atoms with Gasteiger partial charge in [0.2, 0.25) is 0 Å². The van der Waals surface area contributed by atoms with Crippen molar-refractivity contribution in [1.29, 1.82) is 0 Å². The van der Waals surface area contributed by atoms with Crippen LogP contribution in [-0.4, -0.2) is 6.54 Å². The minimum Gasteiger partial charge on any atom is -0.459 e. The second kappa shape index (κ2) is 6.20. The summed E-state index contributed by atoms with van der Waals surface area (Å²) in [4.78, 5) is 0. The molecule has 0 radical (unpaired) electrons. The van der Waals surface area contributed by atoms with Crippen molar-refractivity contribution in [3.05, 3.63) is 34.8 Å². The molecule has 0 bridgehead atoms. The Morgan fingerprint density at radius 3 is 2.68 bits per heavy atom. The van der Waals surface area contributed by atoms with Gasteiger partial charge in [-0.1, -0.05) is 26.3 Å². The van der Waals surface area contributed by atoms with Crippen molar-refractivity contribution in [3.8, 4) is 0 Å². The molecule has 0 unspecified atom stereocenters. The first kappa shape index (κ1) is 14.1. The summed E-state index contributed by atoms with van der Waals surface area (Å²) >= 11 is 0. The molecule has 0 saturated carbocycles. The molecule has 0 atom stereocenters. The number of furan rings is 1. The largest absolute Gasteiger partial charge is 0.459 e. The third-order valence-corrected chi connectivity index (χ3v) is 3.38. The van der Waals surface area contributed by atoms with Crippen LogP contribution in [0.2, 0.25) is 0 Å². The van der Waals surface area contributed by atoms with Crippen LogP contribution >= 0.6 is 0 Å². The Kier molecular flexibility index (Phi) is 4.59. The molecule has 0 aliphatic heterocycles. The Labute approximate surface area is 114 Å². The van der Waals surface area contributed by atoms with Crippen LogP contribution in [0.3, 0.4) is 0 Å². The van der Waals surface area contributed by atoms with Crippen LogP contribution in [0.1, 0.15) is 43.6 Å². The van der Waals surface area contributed by atoms with E-state index in [4.69, 9.17) is 4.42 Å². The van der Waals surface area contributed by atoms with Crippen molar-refractivity contribution in [3.63, 3.8) is 0 Å². The Hall–Kier alpha value is -1.35. The standard InChI is InChI=1S/C16H22FNO/c1-4-6-12-14(10-18-9-5-2)19-16-11(3)7-8-13(17)15(12)16/h7-8,18H,4-6,9-10H2,1-3H3. The number of hydrogen-bond donors (Lipinski definition) is 1. The molecule has 0 spiro atoms. The summed E-state index contributed by atoms with van der Waals surface area (Å²) in [6.45, 7) is 7.82. The minimum absolute atomic E-state index is 0.172. The van der Waals surface area contributed by atoms with E-state index in [-0.39, 0.29) is 5.82 Å². The van der Waals surface area contributed by atoms with Gasteiger partial charge in [0.05, 0.1) is 11.9 Å². The van der Waals surface area contributed by atoms with Gasteiger partial charge in [-0.3, -0.25) is 0 Å². The Bertz CT molecular complexity index is 559. The lowest BCUT2D eigenvalue weighted by Gasteiger charge is -2.03. The zero-order valence-corrected chi connectivity index (χ0v) is 12.0. The third kappa shape index (κ3) is 2.81. The first-order valence-electron chi connectivity index (χ1n) is 7.09. The fourth-order valence-electron chi connectivity index (χ4n) is 2.44. The molecule has 104 valence electrons. The molecular formula is C16H22FNO. The highest BCUT2D eigenvalue weighted by Crippen LogP contribution is 2.31. The van der Waals surface area contributed by atoms with Crippen LogP contribution in [0, 0.1) is 12.7 Å². The first-order valence-corrected chi connectivity index (χ1v) is 7.09. The number of halogens is 1. The molecule has 1 aromatic heterocycles. The fourth-order valence-corrected chi connectivity index (χ4v) is 2.44. The number of benzene rings is 1. The van der Waals surface area contributed by atoms with Crippen molar-refractivity contribution < 1.29 is 8.81 Å². The van der Waals surface area contributed by atoms with Gasteiger partial charge in [0.25, 0.3) is 0 Å². The van der Waals surface area contributed by atoms with Crippen molar-refractivity contribution in [2.24, 2.45) is 0 Å². The van der Waals surface area contributed by atoms with Gasteiger partial charge in [-0.05, 0) is 37.9 Å². The second-order valence-electron chi connectivity index (χ2n) is 5.00. The molecule has 1 N–H and O–H groups in total. The zero-order valence-electron chi connectivity index (χ0n) is 12.0. The number of rotatable bonds is 6. The van der Waals surface area contributed by atoms with E-state index in [9.17, 15) is 4.39 Å². The van der Waals surface area contributed by atoms with Crippen LogP contribution in [-0.2, 0) is 13.0 Å². The maximum atomic E-state index is 14.1. The van der Waals surface area contributed by atoms with Crippen LogP contribution in [0.5, 0.6) is 0 Å². The SMILES string of the molecule is CCCNCc1oc2c(C)ccc(F)c2c1CCC. The average molecular weight is 263 g/mol. The molecule has 2 nitrogen and oxygen atoms in total. The molecule has 2 rings (SSSR count). The maximum absolute atomic E-state index is 14.1. The van der Waals surface area contributed by atoms with Gasteiger partial charge in [0, 0.05) is 5.56 Å². The number of hydrogen-bond acceptors (Lipinski definition) is 2. The number of nitrogens with one attached hydrogen (secondary N) is 1. The number of fused-ring (bicyclic) bond motifs is 1. The summed E-state index contributed by atoms with van der Waals surface area (Å²) in [5.41, 5.74) is 2.73. The molecule has 0 aliphatic carbocycles. The molecule has 19 heavy (non-hydrogen) atoms. The summed E-state index contributed by atoms with van der Waals surface area (Å²) in [7, 11) is 0. The van der Waals surface area contributed by atoms with E-state index < -0.39 is 0 Å². The van der Waals surface area contributed by atoms with E-state index in [1.54, 1.807) is 6.07 Å². The van der Waals surface area contributed by atoms with Crippen LogP contribution < -0.4 is 5.32 Å². The molecule has 1 aromatic carbocycles. The molecule has 3 heteroatoms. The van der Waals surface area contributed by atoms with Crippen molar-refractivity contribution in [2.75, 3.05) is 6.54 Å². The zero-order chi connectivity index (χ0) is 13.8. The van der Waals surface area contributed by atoms with E-state index in [1.807, 2.05) is 6.92 Å². The lowest BCUT2D eigenvalue weighted by Crippen LogP contribution is -2.14. The van der Waals surface area contributed by atoms with Crippen molar-refractivity contribution in [1.82, 2.24) is 5.32 Å². The predicted octanol–water partition coefficient (Wildman–Crippen LogP) is 4.33. The molecule has 0 saturated heterocycles. The summed E-state index contributed by atoms with van der Waals surface area (Å²) in [6, 6.07) is 3.32. The van der Waals surface area contributed by atoms with Gasteiger partial charge in [-0.2, -0.15) is 0 Å². The highest BCUT2D eigenvalue weighted by molar-refractivity contribution is 5.85. The Morgan fingerprint density at radius 1 is 1.21 bits per heavy atom. The maximum Gasteiger partial charge on any atom is 0.140 e. The minimum atomic E-state index is -0.172. The molecule has 1 heterocycles. The molecule has 0 fully saturated rings. The molecule has 2 aromatic rings. The Morgan fingerprint density at radius 2 is 2.00 bits per heavy atom. The Balaban J connectivity index is 2.47. The lowest BCUT2D eigenvalue weighted by atomic mass is 10.0. The number of aryl methyl sites for hydroxylation is 2. The second-order valence-corrected chi connectivity index (χ2v) is 5.00. The van der Waals surface area contributed by atoms with E-state index >= 15 is 0 Å². The molecule has 0 amide bonds. The van der Waals surface area contributed by atoms with E-state index in [0.717, 1.165) is 42.7 Å². The summed E-state index contributed by atoms with van der Waals surface area (Å²) in [5, 5.41) is 4.01.